The van der Waals surface area contributed by atoms with Gasteiger partial charge in [-0.25, -0.2) is 0 Å². The molecule has 1 aromatic rings. The number of hydrogen-bond donors (Lipinski definition) is 1. The van der Waals surface area contributed by atoms with Crippen molar-refractivity contribution in [3.8, 4) is 0 Å². The highest BCUT2D eigenvalue weighted by Crippen LogP contribution is 2.37. The molecule has 0 saturated heterocycles. The second kappa shape index (κ2) is 5.61. The zero-order chi connectivity index (χ0) is 14.8. The lowest BCUT2D eigenvalue weighted by molar-refractivity contribution is -0.384. The SMILES string of the molecule is CC1CC(=NNc2ccc([N+](=O)[O-])cc2)CC(C)(C)C1. The minimum Gasteiger partial charge on any atom is -0.279 e. The quantitative estimate of drug-likeness (QED) is 0.663. The van der Waals surface area contributed by atoms with E-state index in [1.807, 2.05) is 0 Å². The first-order valence-corrected chi connectivity index (χ1v) is 6.92. The first-order valence-electron chi connectivity index (χ1n) is 6.92. The molecule has 0 spiro atoms. The number of hydrazone groups is 1. The number of nitro groups is 1. The number of nitrogens with one attached hydrogen (secondary N) is 1. The van der Waals surface area contributed by atoms with E-state index in [-0.39, 0.29) is 5.69 Å². The van der Waals surface area contributed by atoms with Crippen molar-refractivity contribution in [2.45, 2.75) is 40.0 Å². The minimum atomic E-state index is -0.402. The van der Waals surface area contributed by atoms with Gasteiger partial charge < -0.3 is 0 Å². The van der Waals surface area contributed by atoms with Crippen molar-refractivity contribution in [3.63, 3.8) is 0 Å². The van der Waals surface area contributed by atoms with Crippen LogP contribution in [0.3, 0.4) is 0 Å². The molecule has 0 heterocycles. The first-order chi connectivity index (χ1) is 9.35. The van der Waals surface area contributed by atoms with Crippen molar-refractivity contribution in [2.75, 3.05) is 5.43 Å². The van der Waals surface area contributed by atoms with Gasteiger partial charge in [0.2, 0.25) is 0 Å². The van der Waals surface area contributed by atoms with Crippen molar-refractivity contribution in [3.05, 3.63) is 34.4 Å². The zero-order valence-corrected chi connectivity index (χ0v) is 12.2. The lowest BCUT2D eigenvalue weighted by Gasteiger charge is -2.34. The zero-order valence-electron chi connectivity index (χ0n) is 12.2. The molecule has 20 heavy (non-hydrogen) atoms. The van der Waals surface area contributed by atoms with Crippen molar-refractivity contribution >= 4 is 17.1 Å². The third kappa shape index (κ3) is 3.79. The number of rotatable bonds is 3. The molecule has 1 N–H and O–H groups in total. The van der Waals surface area contributed by atoms with Crippen LogP contribution in [0.25, 0.3) is 0 Å². The van der Waals surface area contributed by atoms with E-state index in [0.29, 0.717) is 11.3 Å². The summed E-state index contributed by atoms with van der Waals surface area (Å²) in [5.74, 6) is 0.649. The van der Waals surface area contributed by atoms with E-state index in [2.05, 4.69) is 31.3 Å². The number of hydrogen-bond acceptors (Lipinski definition) is 4. The molecule has 108 valence electrons. The maximum absolute atomic E-state index is 10.6. The first kappa shape index (κ1) is 14.5. The fourth-order valence-electron chi connectivity index (χ4n) is 3.00. The van der Waals surface area contributed by atoms with Crippen LogP contribution in [0.15, 0.2) is 29.4 Å². The van der Waals surface area contributed by atoms with Gasteiger partial charge in [0, 0.05) is 17.8 Å². The summed E-state index contributed by atoms with van der Waals surface area (Å²) in [6, 6.07) is 6.32. The van der Waals surface area contributed by atoms with Crippen molar-refractivity contribution in [1.29, 1.82) is 0 Å². The van der Waals surface area contributed by atoms with Gasteiger partial charge in [-0.1, -0.05) is 20.8 Å². The topological polar surface area (TPSA) is 67.5 Å². The Balaban J connectivity index is 2.03. The molecule has 1 aliphatic rings. The van der Waals surface area contributed by atoms with Gasteiger partial charge in [0.25, 0.3) is 5.69 Å². The predicted octanol–water partition coefficient (Wildman–Crippen LogP) is 4.21. The third-order valence-electron chi connectivity index (χ3n) is 3.59. The molecule has 5 heteroatoms. The molecule has 5 nitrogen and oxygen atoms in total. The number of benzene rings is 1. The molecule has 1 aliphatic carbocycles. The average Bonchev–Trinajstić information content (AvgIpc) is 2.34. The van der Waals surface area contributed by atoms with E-state index in [4.69, 9.17) is 0 Å². The maximum atomic E-state index is 10.6. The molecular weight excluding hydrogens is 254 g/mol. The largest absolute Gasteiger partial charge is 0.279 e. The van der Waals surface area contributed by atoms with Gasteiger partial charge in [-0.15, -0.1) is 0 Å². The Morgan fingerprint density at radius 3 is 2.55 bits per heavy atom. The lowest BCUT2D eigenvalue weighted by Crippen LogP contribution is -2.28. The Kier molecular flexibility index (Phi) is 4.06. The van der Waals surface area contributed by atoms with Crippen LogP contribution in [0.5, 0.6) is 0 Å². The fraction of sp³-hybridized carbons (Fsp3) is 0.533. The monoisotopic (exact) mass is 275 g/mol. The van der Waals surface area contributed by atoms with E-state index >= 15 is 0 Å². The molecule has 1 fully saturated rings. The summed E-state index contributed by atoms with van der Waals surface area (Å²) in [6.07, 6.45) is 3.24. The Hall–Kier alpha value is -1.91. The summed E-state index contributed by atoms with van der Waals surface area (Å²) < 4.78 is 0. The number of non-ortho nitro benzene ring substituents is 1. The highest BCUT2D eigenvalue weighted by atomic mass is 16.6. The van der Waals surface area contributed by atoms with Gasteiger partial charge in [-0.3, -0.25) is 15.5 Å². The van der Waals surface area contributed by atoms with Gasteiger partial charge in [-0.05, 0) is 42.7 Å². The van der Waals surface area contributed by atoms with Gasteiger partial charge in [-0.2, -0.15) is 5.10 Å². The molecule has 2 rings (SSSR count). The summed E-state index contributed by atoms with van der Waals surface area (Å²) >= 11 is 0. The fourth-order valence-corrected chi connectivity index (χ4v) is 3.00. The molecule has 0 amide bonds. The number of nitrogens with zero attached hydrogens (tertiary/aromatic N) is 2. The number of nitro benzene ring substituents is 1. The Morgan fingerprint density at radius 2 is 2.00 bits per heavy atom. The van der Waals surface area contributed by atoms with Crippen LogP contribution >= 0.6 is 0 Å². The third-order valence-corrected chi connectivity index (χ3v) is 3.59. The van der Waals surface area contributed by atoms with Crippen LogP contribution in [0, 0.1) is 21.4 Å². The summed E-state index contributed by atoms with van der Waals surface area (Å²) in [7, 11) is 0. The van der Waals surface area contributed by atoms with Crippen LogP contribution in [0.4, 0.5) is 11.4 Å². The summed E-state index contributed by atoms with van der Waals surface area (Å²) in [5, 5.41) is 15.1. The average molecular weight is 275 g/mol. The molecule has 1 unspecified atom stereocenters. The summed E-state index contributed by atoms with van der Waals surface area (Å²) in [4.78, 5) is 10.2. The number of anilines is 1. The van der Waals surface area contributed by atoms with Crippen LogP contribution in [0.2, 0.25) is 0 Å². The molecule has 0 aliphatic heterocycles. The second-order valence-corrected chi connectivity index (χ2v) is 6.45. The summed E-state index contributed by atoms with van der Waals surface area (Å²) in [6.45, 7) is 6.79. The predicted molar refractivity (Wildman–Crippen MR) is 81.0 cm³/mol. The highest BCUT2D eigenvalue weighted by Gasteiger charge is 2.29. The normalized spacial score (nSPS) is 23.6. The standard InChI is InChI=1S/C15H21N3O2/c1-11-8-13(10-15(2,3)9-11)17-16-12-4-6-14(7-5-12)18(19)20/h4-7,11,16H,8-10H2,1-3H3. The molecule has 0 aromatic heterocycles. The van der Waals surface area contributed by atoms with Crippen molar-refractivity contribution < 1.29 is 4.92 Å². The van der Waals surface area contributed by atoms with Crippen LogP contribution in [0.1, 0.15) is 40.0 Å². The van der Waals surface area contributed by atoms with Crippen LogP contribution in [-0.2, 0) is 0 Å². The van der Waals surface area contributed by atoms with E-state index in [0.717, 1.165) is 18.5 Å². The highest BCUT2D eigenvalue weighted by molar-refractivity contribution is 5.86. The molecule has 1 aromatic carbocycles. The van der Waals surface area contributed by atoms with Crippen LogP contribution < -0.4 is 5.43 Å². The van der Waals surface area contributed by atoms with Crippen molar-refractivity contribution in [1.82, 2.24) is 0 Å². The Morgan fingerprint density at radius 1 is 1.35 bits per heavy atom. The van der Waals surface area contributed by atoms with Crippen molar-refractivity contribution in [2.24, 2.45) is 16.4 Å². The van der Waals surface area contributed by atoms with E-state index in [1.165, 1.54) is 24.3 Å². The van der Waals surface area contributed by atoms with Gasteiger partial charge >= 0.3 is 0 Å². The maximum Gasteiger partial charge on any atom is 0.269 e. The van der Waals surface area contributed by atoms with E-state index < -0.39 is 4.92 Å². The van der Waals surface area contributed by atoms with E-state index in [1.54, 1.807) is 12.1 Å². The van der Waals surface area contributed by atoms with Gasteiger partial charge in [0.05, 0.1) is 10.6 Å². The Labute approximate surface area is 119 Å². The van der Waals surface area contributed by atoms with Gasteiger partial charge in [0.15, 0.2) is 0 Å². The smallest absolute Gasteiger partial charge is 0.269 e. The lowest BCUT2D eigenvalue weighted by atomic mass is 9.72. The minimum absolute atomic E-state index is 0.0932. The molecule has 0 radical (unpaired) electrons. The summed E-state index contributed by atoms with van der Waals surface area (Å²) in [5.41, 5.74) is 5.35. The van der Waals surface area contributed by atoms with Crippen LogP contribution in [-0.4, -0.2) is 10.6 Å². The second-order valence-electron chi connectivity index (χ2n) is 6.45. The molecule has 0 bridgehead atoms. The molecule has 1 saturated carbocycles. The Bertz CT molecular complexity index is 520. The van der Waals surface area contributed by atoms with E-state index in [9.17, 15) is 10.1 Å². The molecular formula is C15H21N3O2. The van der Waals surface area contributed by atoms with Gasteiger partial charge in [0.1, 0.15) is 0 Å². The molecule has 1 atom stereocenters.